The molecule has 2 aromatic heterocycles. The van der Waals surface area contributed by atoms with Crippen molar-refractivity contribution < 1.29 is 9.90 Å². The Morgan fingerprint density at radius 2 is 1.64 bits per heavy atom. The lowest BCUT2D eigenvalue weighted by Gasteiger charge is -2.17. The molecule has 0 aliphatic carbocycles. The minimum absolute atomic E-state index is 0.00273. The van der Waals surface area contributed by atoms with Gasteiger partial charge in [-0.3, -0.25) is 4.98 Å². The van der Waals surface area contributed by atoms with Crippen LogP contribution in [0.25, 0.3) is 22.4 Å². The summed E-state index contributed by atoms with van der Waals surface area (Å²) in [7, 11) is 0. The molecule has 2 heterocycles. The van der Waals surface area contributed by atoms with E-state index in [-0.39, 0.29) is 11.4 Å². The number of carboxylic acids is 1. The molecule has 0 bridgehead atoms. The van der Waals surface area contributed by atoms with Crippen molar-refractivity contribution in [1.82, 2.24) is 9.97 Å². The van der Waals surface area contributed by atoms with E-state index < -0.39 is 5.97 Å². The Morgan fingerprint density at radius 1 is 1.00 bits per heavy atom. The molecular formula is C20H19N3O2. The number of aromatic nitrogens is 2. The van der Waals surface area contributed by atoms with E-state index in [9.17, 15) is 9.90 Å². The van der Waals surface area contributed by atoms with Crippen LogP contribution in [0.4, 0.5) is 5.82 Å². The van der Waals surface area contributed by atoms with Gasteiger partial charge in [0.2, 0.25) is 0 Å². The molecule has 0 unspecified atom stereocenters. The average molecular weight is 333 g/mol. The van der Waals surface area contributed by atoms with E-state index >= 15 is 0 Å². The van der Waals surface area contributed by atoms with Gasteiger partial charge in [-0.2, -0.15) is 0 Å². The lowest BCUT2D eigenvalue weighted by atomic mass is 9.91. The van der Waals surface area contributed by atoms with E-state index in [0.717, 1.165) is 33.4 Å². The van der Waals surface area contributed by atoms with Crippen LogP contribution < -0.4 is 5.73 Å². The number of hydrogen-bond donors (Lipinski definition) is 2. The summed E-state index contributed by atoms with van der Waals surface area (Å²) in [6.45, 7) is 5.90. The number of carboxylic acid groups (broad SMARTS) is 1. The third kappa shape index (κ3) is 2.96. The highest BCUT2D eigenvalue weighted by atomic mass is 16.4. The van der Waals surface area contributed by atoms with Crippen LogP contribution in [-0.4, -0.2) is 21.0 Å². The number of nitrogens with two attached hydrogens (primary N) is 1. The number of nitrogens with zero attached hydrogens (tertiary/aromatic N) is 2. The molecule has 0 radical (unpaired) electrons. The number of nitrogen functional groups attached to an aromatic ring is 1. The largest absolute Gasteiger partial charge is 0.478 e. The van der Waals surface area contributed by atoms with Crippen LogP contribution in [0.1, 0.15) is 27.0 Å². The second-order valence-corrected chi connectivity index (χ2v) is 6.09. The number of rotatable bonds is 3. The Kier molecular flexibility index (Phi) is 4.23. The summed E-state index contributed by atoms with van der Waals surface area (Å²) in [4.78, 5) is 20.2. The molecule has 3 rings (SSSR count). The first-order chi connectivity index (χ1) is 11.9. The first-order valence-electron chi connectivity index (χ1n) is 7.91. The fraction of sp³-hybridized carbons (Fsp3) is 0.150. The van der Waals surface area contributed by atoms with Gasteiger partial charge in [-0.15, -0.1) is 0 Å². The van der Waals surface area contributed by atoms with Gasteiger partial charge in [0, 0.05) is 23.5 Å². The predicted octanol–water partition coefficient (Wildman–Crippen LogP) is 4.02. The average Bonchev–Trinajstić information content (AvgIpc) is 2.56. The Bertz CT molecular complexity index is 960. The summed E-state index contributed by atoms with van der Waals surface area (Å²) in [6.07, 6.45) is 3.53. The first kappa shape index (κ1) is 16.6. The Balaban J connectivity index is 2.41. The lowest BCUT2D eigenvalue weighted by Crippen LogP contribution is -2.08. The molecule has 5 nitrogen and oxygen atoms in total. The fourth-order valence-corrected chi connectivity index (χ4v) is 3.06. The minimum atomic E-state index is -1.09. The molecule has 126 valence electrons. The molecule has 0 aliphatic heterocycles. The van der Waals surface area contributed by atoms with E-state index in [1.807, 2.05) is 45.0 Å². The zero-order valence-electron chi connectivity index (χ0n) is 14.4. The summed E-state index contributed by atoms with van der Waals surface area (Å²) < 4.78 is 0. The molecule has 0 saturated heterocycles. The van der Waals surface area contributed by atoms with Crippen LogP contribution in [0.3, 0.4) is 0 Å². The standard InChI is InChI=1S/C20H19N3O2/c1-11-6-4-5-7-14(11)18-15(8-16(20(24)25)19(21)23-18)17-12(2)9-22-10-13(17)3/h4-10H,1-3H3,(H2,21,23)(H,24,25). The number of aromatic carboxylic acids is 1. The van der Waals surface area contributed by atoms with Gasteiger partial charge in [-0.05, 0) is 49.1 Å². The van der Waals surface area contributed by atoms with Crippen molar-refractivity contribution >= 4 is 11.8 Å². The van der Waals surface area contributed by atoms with Crippen molar-refractivity contribution in [3.05, 3.63) is 65.0 Å². The highest BCUT2D eigenvalue weighted by molar-refractivity contribution is 5.97. The van der Waals surface area contributed by atoms with Gasteiger partial charge in [0.15, 0.2) is 0 Å². The van der Waals surface area contributed by atoms with E-state index in [1.54, 1.807) is 18.5 Å². The van der Waals surface area contributed by atoms with Gasteiger partial charge in [0.05, 0.1) is 5.69 Å². The zero-order chi connectivity index (χ0) is 18.1. The van der Waals surface area contributed by atoms with Gasteiger partial charge in [-0.1, -0.05) is 24.3 Å². The number of pyridine rings is 2. The van der Waals surface area contributed by atoms with Crippen LogP contribution in [0.5, 0.6) is 0 Å². The summed E-state index contributed by atoms with van der Waals surface area (Å²) >= 11 is 0. The van der Waals surface area contributed by atoms with E-state index in [2.05, 4.69) is 9.97 Å². The number of aryl methyl sites for hydroxylation is 3. The van der Waals surface area contributed by atoms with Crippen LogP contribution in [0.2, 0.25) is 0 Å². The second kappa shape index (κ2) is 6.36. The number of anilines is 1. The van der Waals surface area contributed by atoms with Crippen LogP contribution in [0, 0.1) is 20.8 Å². The third-order valence-corrected chi connectivity index (χ3v) is 4.28. The van der Waals surface area contributed by atoms with Gasteiger partial charge in [-0.25, -0.2) is 9.78 Å². The molecular weight excluding hydrogens is 314 g/mol. The second-order valence-electron chi connectivity index (χ2n) is 6.09. The minimum Gasteiger partial charge on any atom is -0.478 e. The smallest absolute Gasteiger partial charge is 0.339 e. The molecule has 3 N–H and O–H groups in total. The molecule has 0 amide bonds. The SMILES string of the molecule is Cc1ccccc1-c1nc(N)c(C(=O)O)cc1-c1c(C)cncc1C. The quantitative estimate of drug-likeness (QED) is 0.756. The van der Waals surface area contributed by atoms with Crippen molar-refractivity contribution in [1.29, 1.82) is 0 Å². The highest BCUT2D eigenvalue weighted by Crippen LogP contribution is 2.37. The Hall–Kier alpha value is -3.21. The molecule has 0 atom stereocenters. The molecule has 5 heteroatoms. The third-order valence-electron chi connectivity index (χ3n) is 4.28. The number of benzene rings is 1. The molecule has 0 fully saturated rings. The maximum absolute atomic E-state index is 11.6. The maximum atomic E-state index is 11.6. The molecule has 1 aromatic carbocycles. The summed E-state index contributed by atoms with van der Waals surface area (Å²) in [5.74, 6) is -1.08. The summed E-state index contributed by atoms with van der Waals surface area (Å²) in [5, 5.41) is 9.46. The Labute approximate surface area is 146 Å². The van der Waals surface area contributed by atoms with Gasteiger partial charge < -0.3 is 10.8 Å². The molecule has 3 aromatic rings. The number of hydrogen-bond acceptors (Lipinski definition) is 4. The molecule has 0 saturated carbocycles. The fourth-order valence-electron chi connectivity index (χ4n) is 3.06. The topological polar surface area (TPSA) is 89.1 Å². The van der Waals surface area contributed by atoms with Crippen molar-refractivity contribution in [2.45, 2.75) is 20.8 Å². The zero-order valence-corrected chi connectivity index (χ0v) is 14.4. The van der Waals surface area contributed by atoms with Gasteiger partial charge in [0.25, 0.3) is 0 Å². The van der Waals surface area contributed by atoms with Gasteiger partial charge in [0.1, 0.15) is 11.4 Å². The predicted molar refractivity (Wildman–Crippen MR) is 98.5 cm³/mol. The first-order valence-corrected chi connectivity index (χ1v) is 7.91. The van der Waals surface area contributed by atoms with E-state index in [4.69, 9.17) is 5.73 Å². The van der Waals surface area contributed by atoms with E-state index in [0.29, 0.717) is 5.69 Å². The summed E-state index contributed by atoms with van der Waals surface area (Å²) in [5.41, 5.74) is 12.2. The monoisotopic (exact) mass is 333 g/mol. The highest BCUT2D eigenvalue weighted by Gasteiger charge is 2.20. The molecule has 25 heavy (non-hydrogen) atoms. The van der Waals surface area contributed by atoms with Crippen molar-refractivity contribution in [2.75, 3.05) is 5.73 Å². The molecule has 0 spiro atoms. The summed E-state index contributed by atoms with van der Waals surface area (Å²) in [6, 6.07) is 9.46. The lowest BCUT2D eigenvalue weighted by molar-refractivity contribution is 0.0698. The normalized spacial score (nSPS) is 10.7. The molecule has 0 aliphatic rings. The maximum Gasteiger partial charge on any atom is 0.339 e. The van der Waals surface area contributed by atoms with Crippen molar-refractivity contribution in [3.63, 3.8) is 0 Å². The van der Waals surface area contributed by atoms with Gasteiger partial charge >= 0.3 is 5.97 Å². The van der Waals surface area contributed by atoms with Crippen LogP contribution in [-0.2, 0) is 0 Å². The van der Waals surface area contributed by atoms with Crippen LogP contribution in [0.15, 0.2) is 42.7 Å². The van der Waals surface area contributed by atoms with Crippen molar-refractivity contribution in [3.8, 4) is 22.4 Å². The van der Waals surface area contributed by atoms with Crippen molar-refractivity contribution in [2.24, 2.45) is 0 Å². The van der Waals surface area contributed by atoms with Crippen LogP contribution >= 0.6 is 0 Å². The van der Waals surface area contributed by atoms with E-state index in [1.165, 1.54) is 0 Å². The Morgan fingerprint density at radius 3 is 2.24 bits per heavy atom. The number of carbonyl (C=O) groups is 1.